The average molecular weight is 95.2 g/mol. The third-order valence-corrected chi connectivity index (χ3v) is 1.54. The summed E-state index contributed by atoms with van der Waals surface area (Å²) in [6.45, 7) is 3.72. The van der Waals surface area contributed by atoms with E-state index in [9.17, 15) is 0 Å². The summed E-state index contributed by atoms with van der Waals surface area (Å²) < 4.78 is 0. The predicted molar refractivity (Wildman–Crippen MR) is 31.8 cm³/mol. The Morgan fingerprint density at radius 1 is 1.71 bits per heavy atom. The van der Waals surface area contributed by atoms with Gasteiger partial charge in [0.15, 0.2) is 0 Å². The van der Waals surface area contributed by atoms with Crippen LogP contribution in [0.5, 0.6) is 0 Å². The quantitative estimate of drug-likeness (QED) is 0.438. The lowest BCUT2D eigenvalue weighted by atomic mass is 10.1. The fourth-order valence-corrected chi connectivity index (χ4v) is 0.996. The van der Waals surface area contributed by atoms with E-state index in [4.69, 9.17) is 0 Å². The van der Waals surface area contributed by atoms with Crippen LogP contribution < -0.4 is 0 Å². The summed E-state index contributed by atoms with van der Waals surface area (Å²) in [6, 6.07) is 0. The Morgan fingerprint density at radius 2 is 2.57 bits per heavy atom. The van der Waals surface area contributed by atoms with Gasteiger partial charge in [-0.3, -0.25) is 0 Å². The highest BCUT2D eigenvalue weighted by Crippen LogP contribution is 2.23. The molecule has 0 aromatic rings. The van der Waals surface area contributed by atoms with Crippen LogP contribution >= 0.6 is 0 Å². The minimum absolute atomic E-state index is 0.806. The van der Waals surface area contributed by atoms with Gasteiger partial charge in [0, 0.05) is 0 Å². The molecular formula is C7H11. The molecular weight excluding hydrogens is 84.1 g/mol. The molecule has 0 aromatic heterocycles. The van der Waals surface area contributed by atoms with Crippen LogP contribution in [0.4, 0.5) is 0 Å². The molecule has 0 nitrogen and oxygen atoms in total. The second kappa shape index (κ2) is 2.15. The topological polar surface area (TPSA) is 0 Å². The SMILES string of the molecule is C=CC1C[CH]CC1. The highest BCUT2D eigenvalue weighted by Gasteiger charge is 2.09. The lowest BCUT2D eigenvalue weighted by Gasteiger charge is -1.94. The van der Waals surface area contributed by atoms with Crippen LogP contribution in [0.3, 0.4) is 0 Å². The molecule has 1 radical (unpaired) electrons. The van der Waals surface area contributed by atoms with E-state index < -0.39 is 0 Å². The molecule has 0 N–H and O–H groups in total. The van der Waals surface area contributed by atoms with Gasteiger partial charge in [-0.1, -0.05) is 6.08 Å². The van der Waals surface area contributed by atoms with Gasteiger partial charge in [0.2, 0.25) is 0 Å². The molecule has 1 aliphatic carbocycles. The lowest BCUT2D eigenvalue weighted by molar-refractivity contribution is 0.695. The maximum atomic E-state index is 3.72. The third kappa shape index (κ3) is 1.05. The number of allylic oxidation sites excluding steroid dienone is 1. The van der Waals surface area contributed by atoms with Gasteiger partial charge in [0.1, 0.15) is 0 Å². The average Bonchev–Trinajstić information content (AvgIpc) is 2.14. The summed E-state index contributed by atoms with van der Waals surface area (Å²) in [5, 5.41) is 0. The Hall–Kier alpha value is -0.260. The first-order chi connectivity index (χ1) is 3.43. The summed E-state index contributed by atoms with van der Waals surface area (Å²) in [7, 11) is 0. The molecule has 0 spiro atoms. The molecule has 1 saturated carbocycles. The van der Waals surface area contributed by atoms with Crippen molar-refractivity contribution in [2.45, 2.75) is 19.3 Å². The molecule has 0 aromatic carbocycles. The summed E-state index contributed by atoms with van der Waals surface area (Å²) in [5.41, 5.74) is 0. The molecule has 1 rings (SSSR count). The Bertz CT molecular complexity index is 58.4. The van der Waals surface area contributed by atoms with Crippen molar-refractivity contribution in [1.29, 1.82) is 0 Å². The smallest absolute Gasteiger partial charge is 0.0233 e. The Balaban J connectivity index is 2.26. The van der Waals surface area contributed by atoms with Gasteiger partial charge in [-0.2, -0.15) is 0 Å². The largest absolute Gasteiger partial charge is 0.103 e. The zero-order valence-corrected chi connectivity index (χ0v) is 4.56. The van der Waals surface area contributed by atoms with E-state index in [-0.39, 0.29) is 0 Å². The van der Waals surface area contributed by atoms with E-state index in [1.807, 2.05) is 0 Å². The van der Waals surface area contributed by atoms with Crippen molar-refractivity contribution in [1.82, 2.24) is 0 Å². The fourth-order valence-electron chi connectivity index (χ4n) is 0.996. The van der Waals surface area contributed by atoms with Crippen LogP contribution in [-0.4, -0.2) is 0 Å². The molecule has 0 heterocycles. The van der Waals surface area contributed by atoms with Crippen molar-refractivity contribution in [2.75, 3.05) is 0 Å². The van der Waals surface area contributed by atoms with E-state index in [0.717, 1.165) is 5.92 Å². The van der Waals surface area contributed by atoms with Crippen molar-refractivity contribution >= 4 is 0 Å². The molecule has 0 bridgehead atoms. The summed E-state index contributed by atoms with van der Waals surface area (Å²) in [5.74, 6) is 0.806. The van der Waals surface area contributed by atoms with E-state index in [1.54, 1.807) is 0 Å². The van der Waals surface area contributed by atoms with Gasteiger partial charge in [-0.15, -0.1) is 6.58 Å². The first kappa shape index (κ1) is 4.89. The summed E-state index contributed by atoms with van der Waals surface area (Å²) in [6.07, 6.45) is 8.31. The summed E-state index contributed by atoms with van der Waals surface area (Å²) in [4.78, 5) is 0. The van der Waals surface area contributed by atoms with Crippen molar-refractivity contribution in [3.63, 3.8) is 0 Å². The molecule has 7 heavy (non-hydrogen) atoms. The normalized spacial score (nSPS) is 22.9. The molecule has 39 valence electrons. The third-order valence-electron chi connectivity index (χ3n) is 1.54. The fraction of sp³-hybridized carbons (Fsp3) is 0.571. The minimum Gasteiger partial charge on any atom is -0.103 e. The molecule has 1 unspecified atom stereocenters. The first-order valence-electron chi connectivity index (χ1n) is 2.87. The number of hydrogen-bond donors (Lipinski definition) is 0. The van der Waals surface area contributed by atoms with Crippen LogP contribution in [0.15, 0.2) is 12.7 Å². The summed E-state index contributed by atoms with van der Waals surface area (Å²) >= 11 is 0. The second-order valence-corrected chi connectivity index (χ2v) is 2.10. The molecule has 0 amide bonds. The van der Waals surface area contributed by atoms with Gasteiger partial charge in [0.25, 0.3) is 0 Å². The van der Waals surface area contributed by atoms with Gasteiger partial charge >= 0.3 is 0 Å². The van der Waals surface area contributed by atoms with Gasteiger partial charge < -0.3 is 0 Å². The van der Waals surface area contributed by atoms with E-state index in [0.29, 0.717) is 0 Å². The molecule has 0 heteroatoms. The van der Waals surface area contributed by atoms with Crippen LogP contribution in [0, 0.1) is 12.3 Å². The van der Waals surface area contributed by atoms with Crippen molar-refractivity contribution < 1.29 is 0 Å². The maximum absolute atomic E-state index is 3.72. The zero-order chi connectivity index (χ0) is 5.11. The highest BCUT2D eigenvalue weighted by molar-refractivity contribution is 4.90. The monoisotopic (exact) mass is 95.1 g/mol. The molecule has 1 fully saturated rings. The van der Waals surface area contributed by atoms with Gasteiger partial charge in [0.05, 0.1) is 0 Å². The van der Waals surface area contributed by atoms with Gasteiger partial charge in [-0.25, -0.2) is 0 Å². The van der Waals surface area contributed by atoms with E-state index >= 15 is 0 Å². The minimum atomic E-state index is 0.806. The van der Waals surface area contributed by atoms with E-state index in [2.05, 4.69) is 19.1 Å². The van der Waals surface area contributed by atoms with Crippen LogP contribution in [0.2, 0.25) is 0 Å². The van der Waals surface area contributed by atoms with Crippen molar-refractivity contribution in [2.24, 2.45) is 5.92 Å². The molecule has 0 saturated heterocycles. The van der Waals surface area contributed by atoms with Crippen LogP contribution in [-0.2, 0) is 0 Å². The van der Waals surface area contributed by atoms with E-state index in [1.165, 1.54) is 19.3 Å². The zero-order valence-electron chi connectivity index (χ0n) is 4.56. The molecule has 1 atom stereocenters. The highest BCUT2D eigenvalue weighted by atomic mass is 14.1. The number of rotatable bonds is 1. The molecule has 0 aliphatic heterocycles. The Labute approximate surface area is 45.2 Å². The predicted octanol–water partition coefficient (Wildman–Crippen LogP) is 2.18. The van der Waals surface area contributed by atoms with Gasteiger partial charge in [-0.05, 0) is 31.6 Å². The standard InChI is InChI=1S/C7H11/c1-2-7-5-3-4-6-7/h2-3,7H,1,4-6H2. The Morgan fingerprint density at radius 3 is 2.86 bits per heavy atom. The number of hydrogen-bond acceptors (Lipinski definition) is 0. The maximum Gasteiger partial charge on any atom is -0.0233 e. The van der Waals surface area contributed by atoms with Crippen molar-refractivity contribution in [3.05, 3.63) is 19.1 Å². The Kier molecular flexibility index (Phi) is 1.50. The second-order valence-electron chi connectivity index (χ2n) is 2.10. The first-order valence-corrected chi connectivity index (χ1v) is 2.87. The van der Waals surface area contributed by atoms with Crippen LogP contribution in [0.25, 0.3) is 0 Å². The molecule has 1 aliphatic rings. The van der Waals surface area contributed by atoms with Crippen LogP contribution in [0.1, 0.15) is 19.3 Å². The lowest BCUT2D eigenvalue weighted by Crippen LogP contribution is -1.82. The van der Waals surface area contributed by atoms with Crippen molar-refractivity contribution in [3.8, 4) is 0 Å².